The Labute approximate surface area is 140 Å². The first-order valence-corrected chi connectivity index (χ1v) is 7.64. The lowest BCUT2D eigenvalue weighted by Crippen LogP contribution is -1.91. The molecule has 0 amide bonds. The fraction of sp³-hybridized carbons (Fsp3) is 0.133. The molecule has 4 nitrogen and oxygen atoms in total. The van der Waals surface area contributed by atoms with E-state index >= 15 is 0 Å². The highest BCUT2D eigenvalue weighted by Gasteiger charge is 2.14. The van der Waals surface area contributed by atoms with Crippen LogP contribution in [-0.2, 0) is 0 Å². The Kier molecular flexibility index (Phi) is 3.95. The van der Waals surface area contributed by atoms with Crippen molar-refractivity contribution in [3.63, 3.8) is 0 Å². The van der Waals surface area contributed by atoms with Crippen LogP contribution in [0.15, 0.2) is 36.7 Å². The van der Waals surface area contributed by atoms with Crippen molar-refractivity contribution in [1.82, 2.24) is 9.38 Å². The first-order valence-electron chi connectivity index (χ1n) is 6.18. The lowest BCUT2D eigenvalue weighted by Gasteiger charge is -2.10. The van der Waals surface area contributed by atoms with Gasteiger partial charge in [-0.3, -0.25) is 0 Å². The van der Waals surface area contributed by atoms with Crippen LogP contribution in [0, 0.1) is 3.57 Å². The summed E-state index contributed by atoms with van der Waals surface area (Å²) in [4.78, 5) is 4.63. The van der Waals surface area contributed by atoms with Crippen LogP contribution in [0.2, 0.25) is 5.02 Å². The zero-order valence-electron chi connectivity index (χ0n) is 11.4. The van der Waals surface area contributed by atoms with Gasteiger partial charge in [-0.05, 0) is 40.8 Å². The fourth-order valence-corrected chi connectivity index (χ4v) is 2.83. The number of pyridine rings is 1. The highest BCUT2D eigenvalue weighted by molar-refractivity contribution is 14.1. The lowest BCUT2D eigenvalue weighted by atomic mass is 10.1. The van der Waals surface area contributed by atoms with Crippen LogP contribution in [0.3, 0.4) is 0 Å². The summed E-state index contributed by atoms with van der Waals surface area (Å²) in [5, 5.41) is 0.528. The smallest absolute Gasteiger partial charge is 0.141 e. The molecule has 21 heavy (non-hydrogen) atoms. The number of benzene rings is 1. The van der Waals surface area contributed by atoms with Crippen molar-refractivity contribution < 1.29 is 9.47 Å². The number of hydrogen-bond donors (Lipinski definition) is 0. The van der Waals surface area contributed by atoms with E-state index in [2.05, 4.69) is 27.6 Å². The Morgan fingerprint density at radius 2 is 1.90 bits per heavy atom. The van der Waals surface area contributed by atoms with Crippen molar-refractivity contribution in [1.29, 1.82) is 0 Å². The second-order valence-corrected chi connectivity index (χ2v) is 6.08. The van der Waals surface area contributed by atoms with Gasteiger partial charge in [0, 0.05) is 27.6 Å². The van der Waals surface area contributed by atoms with Crippen LogP contribution < -0.4 is 9.47 Å². The molecule has 0 fully saturated rings. The van der Waals surface area contributed by atoms with E-state index in [0.717, 1.165) is 20.5 Å². The van der Waals surface area contributed by atoms with Gasteiger partial charge >= 0.3 is 0 Å². The number of hydrogen-bond acceptors (Lipinski definition) is 3. The monoisotopic (exact) mass is 414 g/mol. The van der Waals surface area contributed by atoms with Crippen molar-refractivity contribution in [2.24, 2.45) is 0 Å². The number of aromatic nitrogens is 2. The summed E-state index contributed by atoms with van der Waals surface area (Å²) in [6.07, 6.45) is 3.93. The van der Waals surface area contributed by atoms with E-state index < -0.39 is 0 Å². The number of methoxy groups -OCH3 is 2. The maximum atomic E-state index is 6.22. The van der Waals surface area contributed by atoms with Gasteiger partial charge in [0.2, 0.25) is 0 Å². The minimum atomic E-state index is 0.528. The molecule has 3 aromatic rings. The molecule has 108 valence electrons. The largest absolute Gasteiger partial charge is 0.496 e. The Morgan fingerprint density at radius 3 is 2.62 bits per heavy atom. The molecular formula is C15H12ClIN2O2. The average Bonchev–Trinajstić information content (AvgIpc) is 2.89. The van der Waals surface area contributed by atoms with Crippen LogP contribution in [0.1, 0.15) is 0 Å². The number of nitrogens with zero attached hydrogens (tertiary/aromatic N) is 2. The molecule has 0 spiro atoms. The maximum absolute atomic E-state index is 6.22. The fourth-order valence-electron chi connectivity index (χ4n) is 2.15. The molecular weight excluding hydrogens is 403 g/mol. The summed E-state index contributed by atoms with van der Waals surface area (Å²) in [6, 6.07) is 7.62. The van der Waals surface area contributed by atoms with Crippen LogP contribution >= 0.6 is 34.2 Å². The van der Waals surface area contributed by atoms with Crippen molar-refractivity contribution in [2.75, 3.05) is 14.2 Å². The second kappa shape index (κ2) is 5.73. The number of imidazole rings is 1. The molecule has 6 heteroatoms. The molecule has 2 aromatic heterocycles. The molecule has 0 bridgehead atoms. The van der Waals surface area contributed by atoms with Gasteiger partial charge in [0.05, 0.1) is 24.9 Å². The molecule has 0 aliphatic carbocycles. The van der Waals surface area contributed by atoms with Crippen molar-refractivity contribution in [3.05, 3.63) is 45.3 Å². The van der Waals surface area contributed by atoms with E-state index in [1.807, 2.05) is 35.0 Å². The number of rotatable bonds is 3. The quantitative estimate of drug-likeness (QED) is 0.600. The predicted molar refractivity (Wildman–Crippen MR) is 91.5 cm³/mol. The molecule has 0 N–H and O–H groups in total. The Balaban J connectivity index is 2.19. The molecule has 0 aliphatic rings. The zero-order valence-corrected chi connectivity index (χ0v) is 14.3. The first kappa shape index (κ1) is 14.5. The Morgan fingerprint density at radius 1 is 1.14 bits per heavy atom. The summed E-state index contributed by atoms with van der Waals surface area (Å²) >= 11 is 8.48. The SMILES string of the molecule is COc1cc(OC)c(-c2cn3ccc(I)cc3n2)cc1Cl. The van der Waals surface area contributed by atoms with E-state index in [1.54, 1.807) is 20.3 Å². The number of fused-ring (bicyclic) bond motifs is 1. The van der Waals surface area contributed by atoms with E-state index in [9.17, 15) is 0 Å². The van der Waals surface area contributed by atoms with E-state index in [-0.39, 0.29) is 0 Å². The highest BCUT2D eigenvalue weighted by atomic mass is 127. The van der Waals surface area contributed by atoms with Crippen LogP contribution in [0.4, 0.5) is 0 Å². The topological polar surface area (TPSA) is 35.8 Å². The van der Waals surface area contributed by atoms with Gasteiger partial charge in [0.1, 0.15) is 17.1 Å². The third-order valence-electron chi connectivity index (χ3n) is 3.17. The van der Waals surface area contributed by atoms with Gasteiger partial charge in [0.25, 0.3) is 0 Å². The van der Waals surface area contributed by atoms with Gasteiger partial charge in [-0.1, -0.05) is 11.6 Å². The van der Waals surface area contributed by atoms with Crippen LogP contribution in [-0.4, -0.2) is 23.6 Å². The minimum absolute atomic E-state index is 0.528. The summed E-state index contributed by atoms with van der Waals surface area (Å²) in [7, 11) is 3.19. The first-order chi connectivity index (χ1) is 10.1. The highest BCUT2D eigenvalue weighted by Crippen LogP contribution is 2.38. The van der Waals surface area contributed by atoms with Gasteiger partial charge in [0.15, 0.2) is 0 Å². The lowest BCUT2D eigenvalue weighted by molar-refractivity contribution is 0.395. The Hall–Kier alpha value is -1.47. The molecule has 0 radical (unpaired) electrons. The molecule has 0 aliphatic heterocycles. The average molecular weight is 415 g/mol. The van der Waals surface area contributed by atoms with E-state index in [1.165, 1.54) is 0 Å². The van der Waals surface area contributed by atoms with Crippen molar-refractivity contribution in [2.45, 2.75) is 0 Å². The number of halogens is 2. The van der Waals surface area contributed by atoms with Crippen molar-refractivity contribution in [3.8, 4) is 22.8 Å². The third kappa shape index (κ3) is 2.67. The summed E-state index contributed by atoms with van der Waals surface area (Å²) in [5.74, 6) is 1.25. The summed E-state index contributed by atoms with van der Waals surface area (Å²) < 4.78 is 13.7. The minimum Gasteiger partial charge on any atom is -0.496 e. The van der Waals surface area contributed by atoms with Gasteiger partial charge in [-0.15, -0.1) is 0 Å². The maximum Gasteiger partial charge on any atom is 0.141 e. The van der Waals surface area contributed by atoms with Gasteiger partial charge in [-0.25, -0.2) is 4.98 Å². The Bertz CT molecular complexity index is 817. The normalized spacial score (nSPS) is 10.9. The van der Waals surface area contributed by atoms with Crippen LogP contribution in [0.5, 0.6) is 11.5 Å². The number of ether oxygens (including phenoxy) is 2. The van der Waals surface area contributed by atoms with E-state index in [0.29, 0.717) is 16.5 Å². The second-order valence-electron chi connectivity index (χ2n) is 4.42. The summed E-state index contributed by atoms with van der Waals surface area (Å²) in [5.41, 5.74) is 2.52. The molecule has 0 unspecified atom stereocenters. The van der Waals surface area contributed by atoms with E-state index in [4.69, 9.17) is 21.1 Å². The molecule has 0 saturated carbocycles. The van der Waals surface area contributed by atoms with Crippen molar-refractivity contribution >= 4 is 39.8 Å². The molecule has 3 rings (SSSR count). The van der Waals surface area contributed by atoms with Gasteiger partial charge < -0.3 is 13.9 Å². The van der Waals surface area contributed by atoms with Gasteiger partial charge in [-0.2, -0.15) is 0 Å². The molecule has 1 aromatic carbocycles. The van der Waals surface area contributed by atoms with Crippen LogP contribution in [0.25, 0.3) is 16.9 Å². The molecule has 0 atom stereocenters. The molecule has 0 saturated heterocycles. The zero-order chi connectivity index (χ0) is 15.0. The standard InChI is InChI=1S/C15H12ClIN2O2/c1-20-13-7-14(21-2)11(16)6-10(13)12-8-19-4-3-9(17)5-15(19)18-12/h3-8H,1-2H3. The predicted octanol–water partition coefficient (Wildman–Crippen LogP) is 4.28. The summed E-state index contributed by atoms with van der Waals surface area (Å²) in [6.45, 7) is 0. The third-order valence-corrected chi connectivity index (χ3v) is 4.14. The molecule has 2 heterocycles.